The molecule has 2 aromatic rings. The first-order valence-electron chi connectivity index (χ1n) is 7.29. The highest BCUT2D eigenvalue weighted by Crippen LogP contribution is 2.18. The van der Waals surface area contributed by atoms with Crippen molar-refractivity contribution in [3.8, 4) is 6.07 Å². The van der Waals surface area contributed by atoms with E-state index in [1.165, 1.54) is 11.8 Å². The maximum absolute atomic E-state index is 12.2. The normalized spacial score (nSPS) is 9.88. The molecule has 0 radical (unpaired) electrons. The molecule has 0 aromatic heterocycles. The van der Waals surface area contributed by atoms with Crippen molar-refractivity contribution in [1.82, 2.24) is 4.90 Å². The molecule has 0 aliphatic heterocycles. The van der Waals surface area contributed by atoms with Gasteiger partial charge < -0.3 is 10.2 Å². The number of amides is 2. The van der Waals surface area contributed by atoms with Gasteiger partial charge in [0.15, 0.2) is 0 Å². The summed E-state index contributed by atoms with van der Waals surface area (Å²) >= 11 is 6.10. The van der Waals surface area contributed by atoms with Crippen LogP contribution in [0.5, 0.6) is 0 Å². The van der Waals surface area contributed by atoms with Crippen molar-refractivity contribution in [3.05, 3.63) is 64.7 Å². The third-order valence-electron chi connectivity index (χ3n) is 3.42. The topological polar surface area (TPSA) is 73.2 Å². The number of nitrogens with one attached hydrogen (secondary N) is 1. The third kappa shape index (κ3) is 4.58. The Bertz CT molecular complexity index is 799. The number of halogens is 1. The van der Waals surface area contributed by atoms with Crippen molar-refractivity contribution in [2.45, 2.75) is 13.5 Å². The number of nitrogens with zero attached hydrogens (tertiary/aromatic N) is 2. The quantitative estimate of drug-likeness (QED) is 0.907. The van der Waals surface area contributed by atoms with Gasteiger partial charge in [0.05, 0.1) is 11.3 Å². The van der Waals surface area contributed by atoms with Gasteiger partial charge in [0, 0.05) is 18.5 Å². The van der Waals surface area contributed by atoms with Crippen molar-refractivity contribution >= 4 is 29.1 Å². The minimum atomic E-state index is -0.375. The van der Waals surface area contributed by atoms with Crippen LogP contribution in [0, 0.1) is 11.3 Å². The van der Waals surface area contributed by atoms with Gasteiger partial charge >= 0.3 is 0 Å². The minimum Gasteiger partial charge on any atom is -0.329 e. The van der Waals surface area contributed by atoms with E-state index in [0.717, 1.165) is 5.56 Å². The Hall–Kier alpha value is -2.84. The number of benzene rings is 2. The molecule has 0 atom stereocenters. The zero-order chi connectivity index (χ0) is 17.5. The van der Waals surface area contributed by atoms with Gasteiger partial charge in [0.2, 0.25) is 11.8 Å². The number of para-hydroxylation sites is 1. The number of rotatable bonds is 5. The summed E-state index contributed by atoms with van der Waals surface area (Å²) in [7, 11) is 0. The van der Waals surface area contributed by atoms with E-state index in [0.29, 0.717) is 16.3 Å². The lowest BCUT2D eigenvalue weighted by molar-refractivity contribution is -0.133. The SMILES string of the molecule is CC(=O)N(CC(=O)Nc1ccccc1C#N)Cc1ccccc1Cl. The molecule has 0 aliphatic carbocycles. The molecule has 122 valence electrons. The first-order chi connectivity index (χ1) is 11.5. The molecule has 0 fully saturated rings. The number of anilines is 1. The number of nitriles is 1. The summed E-state index contributed by atoms with van der Waals surface area (Å²) in [6.45, 7) is 1.51. The van der Waals surface area contributed by atoms with Crippen LogP contribution in [0.4, 0.5) is 5.69 Å². The predicted molar refractivity (Wildman–Crippen MR) is 92.3 cm³/mol. The molecule has 0 saturated carbocycles. The fourth-order valence-corrected chi connectivity index (χ4v) is 2.36. The molecule has 0 bridgehead atoms. The van der Waals surface area contributed by atoms with Gasteiger partial charge in [0.1, 0.15) is 12.6 Å². The molecule has 0 heterocycles. The van der Waals surface area contributed by atoms with Crippen molar-refractivity contribution in [2.24, 2.45) is 0 Å². The summed E-state index contributed by atoms with van der Waals surface area (Å²) in [5.41, 5.74) is 1.55. The molecule has 6 heteroatoms. The van der Waals surface area contributed by atoms with Gasteiger partial charge in [0.25, 0.3) is 0 Å². The van der Waals surface area contributed by atoms with E-state index in [2.05, 4.69) is 5.32 Å². The lowest BCUT2D eigenvalue weighted by atomic mass is 10.2. The molecule has 24 heavy (non-hydrogen) atoms. The average molecular weight is 342 g/mol. The molecule has 0 aliphatic rings. The molecule has 2 rings (SSSR count). The van der Waals surface area contributed by atoms with E-state index in [-0.39, 0.29) is 24.9 Å². The van der Waals surface area contributed by atoms with E-state index in [1.807, 2.05) is 12.1 Å². The second-order valence-corrected chi connectivity index (χ2v) is 5.58. The number of hydrogen-bond acceptors (Lipinski definition) is 3. The van der Waals surface area contributed by atoms with E-state index < -0.39 is 0 Å². The highest BCUT2D eigenvalue weighted by atomic mass is 35.5. The largest absolute Gasteiger partial charge is 0.329 e. The lowest BCUT2D eigenvalue weighted by Crippen LogP contribution is -2.36. The van der Waals surface area contributed by atoms with Crippen LogP contribution >= 0.6 is 11.6 Å². The van der Waals surface area contributed by atoms with Crippen LogP contribution in [0.2, 0.25) is 5.02 Å². The van der Waals surface area contributed by atoms with Crippen molar-refractivity contribution in [3.63, 3.8) is 0 Å². The van der Waals surface area contributed by atoms with Gasteiger partial charge in [-0.15, -0.1) is 0 Å². The second kappa shape index (κ2) is 8.14. The van der Waals surface area contributed by atoms with Gasteiger partial charge in [-0.05, 0) is 23.8 Å². The van der Waals surface area contributed by atoms with Crippen molar-refractivity contribution in [1.29, 1.82) is 5.26 Å². The summed E-state index contributed by atoms with van der Waals surface area (Å²) in [5, 5.41) is 12.2. The summed E-state index contributed by atoms with van der Waals surface area (Å²) < 4.78 is 0. The summed E-state index contributed by atoms with van der Waals surface area (Å²) in [5.74, 6) is -0.612. The lowest BCUT2D eigenvalue weighted by Gasteiger charge is -2.21. The Morgan fingerprint density at radius 1 is 1.17 bits per heavy atom. The number of carbonyl (C=O) groups is 2. The Kier molecular flexibility index (Phi) is 5.94. The van der Waals surface area contributed by atoms with Gasteiger partial charge in [-0.2, -0.15) is 5.26 Å². The molecule has 1 N–H and O–H groups in total. The Morgan fingerprint density at radius 2 is 1.83 bits per heavy atom. The zero-order valence-electron chi connectivity index (χ0n) is 13.1. The maximum atomic E-state index is 12.2. The Labute approximate surface area is 145 Å². The molecule has 2 aromatic carbocycles. The maximum Gasteiger partial charge on any atom is 0.244 e. The number of carbonyl (C=O) groups excluding carboxylic acids is 2. The van der Waals surface area contributed by atoms with Crippen molar-refractivity contribution in [2.75, 3.05) is 11.9 Å². The second-order valence-electron chi connectivity index (χ2n) is 5.17. The first kappa shape index (κ1) is 17.5. The van der Waals surface area contributed by atoms with Gasteiger partial charge in [-0.3, -0.25) is 9.59 Å². The van der Waals surface area contributed by atoms with Crippen LogP contribution in [0.15, 0.2) is 48.5 Å². The van der Waals surface area contributed by atoms with Crippen LogP contribution in [-0.4, -0.2) is 23.3 Å². The smallest absolute Gasteiger partial charge is 0.244 e. The predicted octanol–water partition coefficient (Wildman–Crippen LogP) is 3.20. The molecule has 0 unspecified atom stereocenters. The summed E-state index contributed by atoms with van der Waals surface area (Å²) in [6.07, 6.45) is 0. The van der Waals surface area contributed by atoms with E-state index in [4.69, 9.17) is 16.9 Å². The van der Waals surface area contributed by atoms with E-state index in [1.54, 1.807) is 42.5 Å². The molecule has 5 nitrogen and oxygen atoms in total. The summed E-state index contributed by atoms with van der Waals surface area (Å²) in [4.78, 5) is 25.4. The van der Waals surface area contributed by atoms with Crippen molar-refractivity contribution < 1.29 is 9.59 Å². The molecular weight excluding hydrogens is 326 g/mol. The van der Waals surface area contributed by atoms with Crippen LogP contribution in [0.1, 0.15) is 18.1 Å². The standard InChI is InChI=1S/C18H16ClN3O2/c1-13(23)22(11-15-7-2-4-8-16(15)19)12-18(24)21-17-9-5-3-6-14(17)10-20/h2-9H,11-12H2,1H3,(H,21,24). The third-order valence-corrected chi connectivity index (χ3v) is 3.79. The van der Waals surface area contributed by atoms with Crippen LogP contribution in [0.25, 0.3) is 0 Å². The summed E-state index contributed by atoms with van der Waals surface area (Å²) in [6, 6.07) is 15.9. The molecular formula is C18H16ClN3O2. The molecule has 0 saturated heterocycles. The van der Waals surface area contributed by atoms with E-state index in [9.17, 15) is 9.59 Å². The highest BCUT2D eigenvalue weighted by molar-refractivity contribution is 6.31. The monoisotopic (exact) mass is 341 g/mol. The Morgan fingerprint density at radius 3 is 2.50 bits per heavy atom. The van der Waals surface area contributed by atoms with Crippen LogP contribution in [0.3, 0.4) is 0 Å². The fourth-order valence-electron chi connectivity index (χ4n) is 2.16. The first-order valence-corrected chi connectivity index (χ1v) is 7.67. The van der Waals surface area contributed by atoms with Gasteiger partial charge in [-0.25, -0.2) is 0 Å². The van der Waals surface area contributed by atoms with Gasteiger partial charge in [-0.1, -0.05) is 41.9 Å². The minimum absolute atomic E-state index is 0.125. The Balaban J connectivity index is 2.08. The molecule has 2 amide bonds. The molecule has 0 spiro atoms. The van der Waals surface area contributed by atoms with Crippen LogP contribution in [-0.2, 0) is 16.1 Å². The van der Waals surface area contributed by atoms with Crippen LogP contribution < -0.4 is 5.32 Å². The highest BCUT2D eigenvalue weighted by Gasteiger charge is 2.16. The average Bonchev–Trinajstić information content (AvgIpc) is 2.56. The zero-order valence-corrected chi connectivity index (χ0v) is 13.9. The van der Waals surface area contributed by atoms with E-state index >= 15 is 0 Å². The fraction of sp³-hybridized carbons (Fsp3) is 0.167. The number of hydrogen-bond donors (Lipinski definition) is 1.